The van der Waals surface area contributed by atoms with Crippen molar-refractivity contribution < 1.29 is 28.2 Å². The lowest BCUT2D eigenvalue weighted by molar-refractivity contribution is -0.192. The van der Waals surface area contributed by atoms with E-state index in [9.17, 15) is 13.2 Å². The van der Waals surface area contributed by atoms with E-state index < -0.39 is 12.1 Å². The second kappa shape index (κ2) is 7.74. The number of benzene rings is 1. The Labute approximate surface area is 145 Å². The predicted octanol–water partition coefficient (Wildman–Crippen LogP) is 2.90. The summed E-state index contributed by atoms with van der Waals surface area (Å²) in [6.07, 6.45) is 0.0429. The summed E-state index contributed by atoms with van der Waals surface area (Å²) >= 11 is 0. The molecule has 2 aliphatic rings. The average Bonchev–Trinajstić information content (AvgIpc) is 2.88. The van der Waals surface area contributed by atoms with Gasteiger partial charge in [-0.1, -0.05) is 23.8 Å². The van der Waals surface area contributed by atoms with Crippen LogP contribution < -0.4 is 0 Å². The molecule has 0 aromatic heterocycles. The third-order valence-electron chi connectivity index (χ3n) is 5.18. The van der Waals surface area contributed by atoms with Crippen molar-refractivity contribution in [1.82, 2.24) is 4.90 Å². The fourth-order valence-corrected chi connectivity index (χ4v) is 3.78. The number of carboxylic acid groups (broad SMARTS) is 1. The summed E-state index contributed by atoms with van der Waals surface area (Å²) in [5, 5.41) is 16.2. The zero-order chi connectivity index (χ0) is 18.7. The molecule has 0 unspecified atom stereocenters. The first-order chi connectivity index (χ1) is 11.7. The van der Waals surface area contributed by atoms with E-state index in [4.69, 9.17) is 15.0 Å². The lowest BCUT2D eigenvalue weighted by atomic mass is 9.73. The van der Waals surface area contributed by atoms with Crippen LogP contribution in [0.3, 0.4) is 0 Å². The first-order valence-electron chi connectivity index (χ1n) is 8.41. The number of rotatable bonds is 2. The maximum Gasteiger partial charge on any atom is 0.490 e. The number of aryl methyl sites for hydroxylation is 2. The number of aliphatic hydroxyl groups is 1. The molecule has 0 amide bonds. The van der Waals surface area contributed by atoms with E-state index in [-0.39, 0.29) is 0 Å². The first kappa shape index (κ1) is 19.7. The molecule has 25 heavy (non-hydrogen) atoms. The van der Waals surface area contributed by atoms with Gasteiger partial charge >= 0.3 is 12.1 Å². The molecule has 2 N–H and O–H groups in total. The average molecular weight is 359 g/mol. The maximum atomic E-state index is 10.6. The van der Waals surface area contributed by atoms with Gasteiger partial charge in [0.15, 0.2) is 0 Å². The Balaban J connectivity index is 0.000000277. The van der Waals surface area contributed by atoms with Gasteiger partial charge in [-0.25, -0.2) is 4.79 Å². The number of aliphatic hydroxyl groups excluding tert-OH is 1. The highest BCUT2D eigenvalue weighted by molar-refractivity contribution is 5.73. The number of β-amino-alcohol motifs (C(OH)–C–C–N with tert-alkyl or cyclic N) is 1. The van der Waals surface area contributed by atoms with Crippen LogP contribution in [0.25, 0.3) is 0 Å². The van der Waals surface area contributed by atoms with E-state index in [0.29, 0.717) is 12.0 Å². The molecule has 1 aliphatic carbocycles. The lowest BCUT2D eigenvalue weighted by Crippen LogP contribution is -2.42. The number of hydrogen-bond donors (Lipinski definition) is 2. The molecule has 1 saturated heterocycles. The van der Waals surface area contributed by atoms with E-state index in [1.165, 1.54) is 31.2 Å². The van der Waals surface area contributed by atoms with E-state index in [0.717, 1.165) is 19.6 Å². The number of fused-ring (bicyclic) bond motifs is 2. The van der Waals surface area contributed by atoms with Crippen molar-refractivity contribution in [3.63, 3.8) is 0 Å². The zero-order valence-corrected chi connectivity index (χ0v) is 14.3. The monoisotopic (exact) mass is 359 g/mol. The molecule has 7 heteroatoms. The van der Waals surface area contributed by atoms with Gasteiger partial charge in [0, 0.05) is 6.54 Å². The van der Waals surface area contributed by atoms with Crippen molar-refractivity contribution in [1.29, 1.82) is 0 Å². The fourth-order valence-electron chi connectivity index (χ4n) is 3.78. The minimum atomic E-state index is -5.08. The third-order valence-corrected chi connectivity index (χ3v) is 5.18. The molecule has 1 aromatic carbocycles. The normalized spacial score (nSPS) is 19.2. The number of hydrogen-bond acceptors (Lipinski definition) is 3. The number of halogens is 3. The van der Waals surface area contributed by atoms with Crippen molar-refractivity contribution >= 4 is 5.97 Å². The Morgan fingerprint density at radius 3 is 2.36 bits per heavy atom. The van der Waals surface area contributed by atoms with E-state index >= 15 is 0 Å². The van der Waals surface area contributed by atoms with Crippen LogP contribution in [-0.2, 0) is 16.6 Å². The van der Waals surface area contributed by atoms with Gasteiger partial charge in [0.25, 0.3) is 0 Å². The van der Waals surface area contributed by atoms with Crippen LogP contribution in [0.15, 0.2) is 18.2 Å². The molecular formula is C18H24F3NO3. The van der Waals surface area contributed by atoms with Crippen molar-refractivity contribution in [2.45, 2.75) is 44.2 Å². The number of piperidine rings is 1. The highest BCUT2D eigenvalue weighted by Crippen LogP contribution is 2.46. The standard InChI is InChI=1S/C16H23NO.C2HF3O2/c1-13-2-3-14-4-5-16(15(14)12-13)6-8-17(9-7-16)10-11-18;3-2(4,5)1(6)7/h2-3,12,18H,4-11H2,1H3;(H,6,7). The van der Waals surface area contributed by atoms with Crippen molar-refractivity contribution in [2.75, 3.05) is 26.2 Å². The van der Waals surface area contributed by atoms with Gasteiger partial charge in [-0.15, -0.1) is 0 Å². The molecule has 0 radical (unpaired) electrons. The van der Waals surface area contributed by atoms with Crippen LogP contribution in [0.1, 0.15) is 36.0 Å². The molecule has 1 aliphatic heterocycles. The van der Waals surface area contributed by atoms with E-state index in [1.54, 1.807) is 11.1 Å². The molecule has 3 rings (SSSR count). The molecule has 1 spiro atoms. The van der Waals surface area contributed by atoms with Crippen LogP contribution in [-0.4, -0.2) is 53.5 Å². The Morgan fingerprint density at radius 1 is 1.24 bits per heavy atom. The van der Waals surface area contributed by atoms with Crippen molar-refractivity contribution in [3.8, 4) is 0 Å². The summed E-state index contributed by atoms with van der Waals surface area (Å²) in [7, 11) is 0. The minimum Gasteiger partial charge on any atom is -0.475 e. The largest absolute Gasteiger partial charge is 0.490 e. The molecule has 0 atom stereocenters. The van der Waals surface area contributed by atoms with E-state index in [1.807, 2.05) is 0 Å². The summed E-state index contributed by atoms with van der Waals surface area (Å²) in [4.78, 5) is 11.3. The van der Waals surface area contributed by atoms with Crippen LogP contribution in [0.2, 0.25) is 0 Å². The number of nitrogens with zero attached hydrogens (tertiary/aromatic N) is 1. The predicted molar refractivity (Wildman–Crippen MR) is 87.6 cm³/mol. The molecule has 1 fully saturated rings. The highest BCUT2D eigenvalue weighted by Gasteiger charge is 2.41. The topological polar surface area (TPSA) is 60.8 Å². The lowest BCUT2D eigenvalue weighted by Gasteiger charge is -2.40. The first-order valence-corrected chi connectivity index (χ1v) is 8.41. The van der Waals surface area contributed by atoms with Crippen molar-refractivity contribution in [3.05, 3.63) is 34.9 Å². The van der Waals surface area contributed by atoms with E-state index in [2.05, 4.69) is 30.0 Å². The third kappa shape index (κ3) is 4.73. The summed E-state index contributed by atoms with van der Waals surface area (Å²) < 4.78 is 31.7. The zero-order valence-electron chi connectivity index (χ0n) is 14.3. The summed E-state index contributed by atoms with van der Waals surface area (Å²) in [5.74, 6) is -2.76. The summed E-state index contributed by atoms with van der Waals surface area (Å²) in [6.45, 7) is 5.63. The summed E-state index contributed by atoms with van der Waals surface area (Å²) in [6, 6.07) is 7.00. The van der Waals surface area contributed by atoms with Crippen molar-refractivity contribution in [2.24, 2.45) is 0 Å². The van der Waals surface area contributed by atoms with Gasteiger partial charge in [-0.05, 0) is 62.2 Å². The van der Waals surface area contributed by atoms with Crippen LogP contribution in [0.5, 0.6) is 0 Å². The SMILES string of the molecule is Cc1ccc2c(c1)C1(CC2)CCN(CCO)CC1.O=C(O)C(F)(F)F. The second-order valence-electron chi connectivity index (χ2n) is 6.81. The highest BCUT2D eigenvalue weighted by atomic mass is 19.4. The maximum absolute atomic E-state index is 10.6. The molecule has 140 valence electrons. The number of likely N-dealkylation sites (tertiary alicyclic amines) is 1. The number of alkyl halides is 3. The number of carboxylic acids is 1. The van der Waals surface area contributed by atoms with Crippen LogP contribution in [0.4, 0.5) is 13.2 Å². The number of aliphatic carboxylic acids is 1. The Bertz CT molecular complexity index is 608. The second-order valence-corrected chi connectivity index (χ2v) is 6.81. The van der Waals surface area contributed by atoms with Crippen LogP contribution in [0, 0.1) is 6.92 Å². The van der Waals surface area contributed by atoms with Gasteiger partial charge in [-0.2, -0.15) is 13.2 Å². The Kier molecular flexibility index (Phi) is 6.11. The molecular weight excluding hydrogens is 335 g/mol. The van der Waals surface area contributed by atoms with Gasteiger partial charge < -0.3 is 15.1 Å². The molecule has 1 heterocycles. The fraction of sp³-hybridized carbons (Fsp3) is 0.611. The molecule has 1 aromatic rings. The van der Waals surface area contributed by atoms with Gasteiger partial charge in [0.1, 0.15) is 0 Å². The molecule has 4 nitrogen and oxygen atoms in total. The Morgan fingerprint density at radius 2 is 1.84 bits per heavy atom. The Hall–Kier alpha value is -1.60. The van der Waals surface area contributed by atoms with Crippen LogP contribution >= 0.6 is 0 Å². The smallest absolute Gasteiger partial charge is 0.475 e. The van der Waals surface area contributed by atoms with Gasteiger partial charge in [-0.3, -0.25) is 0 Å². The quantitative estimate of drug-likeness (QED) is 0.852. The summed E-state index contributed by atoms with van der Waals surface area (Å²) in [5.41, 5.74) is 5.06. The molecule has 0 saturated carbocycles. The number of carbonyl (C=O) groups is 1. The molecule has 0 bridgehead atoms. The minimum absolute atomic E-state index is 0.294. The van der Waals surface area contributed by atoms with Gasteiger partial charge in [0.2, 0.25) is 0 Å². The van der Waals surface area contributed by atoms with Gasteiger partial charge in [0.05, 0.1) is 6.61 Å².